The molecule has 148 valence electrons. The Kier molecular flexibility index (Phi) is 5.51. The van der Waals surface area contributed by atoms with Gasteiger partial charge in [0.1, 0.15) is 5.69 Å². The van der Waals surface area contributed by atoms with Gasteiger partial charge in [-0.05, 0) is 36.2 Å². The zero-order valence-corrected chi connectivity index (χ0v) is 16.5. The lowest BCUT2D eigenvalue weighted by Crippen LogP contribution is -2.43. The highest BCUT2D eigenvalue weighted by Crippen LogP contribution is 2.19. The first kappa shape index (κ1) is 19.1. The summed E-state index contributed by atoms with van der Waals surface area (Å²) in [4.78, 5) is 38.3. The topological polar surface area (TPSA) is 66.4 Å². The van der Waals surface area contributed by atoms with Crippen molar-refractivity contribution in [2.75, 3.05) is 13.1 Å². The smallest absolute Gasteiger partial charge is 0.272 e. The van der Waals surface area contributed by atoms with Crippen LogP contribution in [0.15, 0.2) is 60.8 Å². The highest BCUT2D eigenvalue weighted by molar-refractivity contribution is 5.95. The molecule has 1 unspecified atom stereocenters. The highest BCUT2D eigenvalue weighted by atomic mass is 16.2. The molecule has 0 aliphatic carbocycles. The second-order valence-electron chi connectivity index (χ2n) is 7.32. The third-order valence-corrected chi connectivity index (χ3v) is 5.43. The van der Waals surface area contributed by atoms with E-state index >= 15 is 0 Å². The van der Waals surface area contributed by atoms with Crippen LogP contribution in [0.5, 0.6) is 0 Å². The van der Waals surface area contributed by atoms with Gasteiger partial charge in [0.2, 0.25) is 5.91 Å². The Bertz CT molecular complexity index is 1020. The first-order valence-electron chi connectivity index (χ1n) is 10.00. The third-order valence-electron chi connectivity index (χ3n) is 5.43. The second kappa shape index (κ2) is 8.39. The summed E-state index contributed by atoms with van der Waals surface area (Å²) in [5, 5.41) is 0.899. The Morgan fingerprint density at radius 3 is 2.72 bits per heavy atom. The Morgan fingerprint density at radius 1 is 1.10 bits per heavy atom. The van der Waals surface area contributed by atoms with E-state index in [-0.39, 0.29) is 17.9 Å². The van der Waals surface area contributed by atoms with Crippen molar-refractivity contribution < 1.29 is 9.59 Å². The minimum Gasteiger partial charge on any atom is -0.335 e. The van der Waals surface area contributed by atoms with Crippen LogP contribution >= 0.6 is 0 Å². The first-order valence-corrected chi connectivity index (χ1v) is 10.00. The van der Waals surface area contributed by atoms with Crippen LogP contribution in [0, 0.1) is 0 Å². The molecular weight excluding hydrogens is 364 g/mol. The van der Waals surface area contributed by atoms with Crippen LogP contribution in [-0.2, 0) is 11.3 Å². The summed E-state index contributed by atoms with van der Waals surface area (Å²) in [6.45, 7) is 3.54. The van der Waals surface area contributed by atoms with Crippen LogP contribution in [0.4, 0.5) is 0 Å². The predicted molar refractivity (Wildman–Crippen MR) is 111 cm³/mol. The Morgan fingerprint density at radius 2 is 1.93 bits per heavy atom. The van der Waals surface area contributed by atoms with Gasteiger partial charge in [0.15, 0.2) is 5.65 Å². The first-order chi connectivity index (χ1) is 14.2. The Balaban J connectivity index is 1.55. The van der Waals surface area contributed by atoms with E-state index < -0.39 is 0 Å². The van der Waals surface area contributed by atoms with Crippen molar-refractivity contribution in [3.05, 3.63) is 72.1 Å². The molecule has 0 saturated carbocycles. The second-order valence-corrected chi connectivity index (χ2v) is 7.32. The number of aromatic nitrogens is 2. The standard InChI is InChI=1S/C23H24N4O2/c1-2-19-16-26(14-12-21(28)27(19)15-17-7-4-3-5-8-17)23(29)20-11-10-18-9-6-13-24-22(18)25-20/h3-11,13,19H,2,12,14-16H2,1H3. The number of fused-ring (bicyclic) bond motifs is 1. The summed E-state index contributed by atoms with van der Waals surface area (Å²) >= 11 is 0. The molecule has 4 rings (SSSR count). The molecule has 29 heavy (non-hydrogen) atoms. The molecule has 6 heteroatoms. The van der Waals surface area contributed by atoms with E-state index in [1.807, 2.05) is 53.4 Å². The van der Waals surface area contributed by atoms with E-state index in [0.29, 0.717) is 37.4 Å². The van der Waals surface area contributed by atoms with E-state index in [0.717, 1.165) is 17.4 Å². The number of hydrogen-bond donors (Lipinski definition) is 0. The molecule has 3 heterocycles. The van der Waals surface area contributed by atoms with Crippen LogP contribution in [0.25, 0.3) is 11.0 Å². The average Bonchev–Trinajstić information content (AvgIpc) is 2.92. The molecular formula is C23H24N4O2. The summed E-state index contributed by atoms with van der Waals surface area (Å²) in [5.41, 5.74) is 2.03. The quantitative estimate of drug-likeness (QED) is 0.688. The highest BCUT2D eigenvalue weighted by Gasteiger charge is 2.31. The molecule has 1 saturated heterocycles. The van der Waals surface area contributed by atoms with Gasteiger partial charge in [0.05, 0.1) is 0 Å². The molecule has 1 aliphatic heterocycles. The van der Waals surface area contributed by atoms with Gasteiger partial charge in [-0.25, -0.2) is 9.97 Å². The molecule has 3 aromatic rings. The van der Waals surface area contributed by atoms with Crippen molar-refractivity contribution in [3.63, 3.8) is 0 Å². The molecule has 6 nitrogen and oxygen atoms in total. The SMILES string of the molecule is CCC1CN(C(=O)c2ccc3cccnc3n2)CCC(=O)N1Cc1ccccc1. The van der Waals surface area contributed by atoms with Crippen molar-refractivity contribution >= 4 is 22.8 Å². The monoisotopic (exact) mass is 388 g/mol. The molecule has 1 atom stereocenters. The number of rotatable bonds is 4. The summed E-state index contributed by atoms with van der Waals surface area (Å²) in [6.07, 6.45) is 2.78. The molecule has 0 bridgehead atoms. The van der Waals surface area contributed by atoms with E-state index in [1.165, 1.54) is 0 Å². The van der Waals surface area contributed by atoms with Crippen LogP contribution in [0.2, 0.25) is 0 Å². The van der Waals surface area contributed by atoms with Crippen LogP contribution in [0.3, 0.4) is 0 Å². The molecule has 1 fully saturated rings. The number of amides is 2. The molecule has 0 radical (unpaired) electrons. The summed E-state index contributed by atoms with van der Waals surface area (Å²) in [5.74, 6) is -0.0606. The number of benzene rings is 1. The fourth-order valence-corrected chi connectivity index (χ4v) is 3.79. The van der Waals surface area contributed by atoms with Gasteiger partial charge >= 0.3 is 0 Å². The summed E-state index contributed by atoms with van der Waals surface area (Å²) < 4.78 is 0. The Hall–Kier alpha value is -3.28. The lowest BCUT2D eigenvalue weighted by molar-refractivity contribution is -0.133. The lowest BCUT2D eigenvalue weighted by Gasteiger charge is -2.31. The van der Waals surface area contributed by atoms with E-state index in [1.54, 1.807) is 17.2 Å². The molecule has 1 aromatic carbocycles. The molecule has 0 spiro atoms. The number of carbonyl (C=O) groups excluding carboxylic acids is 2. The molecule has 0 N–H and O–H groups in total. The van der Waals surface area contributed by atoms with Crippen molar-refractivity contribution in [2.45, 2.75) is 32.4 Å². The van der Waals surface area contributed by atoms with Gasteiger partial charge < -0.3 is 9.80 Å². The maximum Gasteiger partial charge on any atom is 0.272 e. The van der Waals surface area contributed by atoms with Crippen molar-refractivity contribution in [2.24, 2.45) is 0 Å². The van der Waals surface area contributed by atoms with E-state index in [9.17, 15) is 9.59 Å². The van der Waals surface area contributed by atoms with E-state index in [4.69, 9.17) is 0 Å². The van der Waals surface area contributed by atoms with E-state index in [2.05, 4.69) is 16.9 Å². The van der Waals surface area contributed by atoms with Crippen molar-refractivity contribution in [3.8, 4) is 0 Å². The fourth-order valence-electron chi connectivity index (χ4n) is 3.79. The molecule has 2 amide bonds. The number of nitrogens with zero attached hydrogens (tertiary/aromatic N) is 4. The van der Waals surface area contributed by atoms with Crippen LogP contribution in [-0.4, -0.2) is 50.7 Å². The summed E-state index contributed by atoms with van der Waals surface area (Å²) in [7, 11) is 0. The lowest BCUT2D eigenvalue weighted by atomic mass is 10.1. The van der Waals surface area contributed by atoms with Crippen LogP contribution in [0.1, 0.15) is 35.8 Å². The number of pyridine rings is 2. The molecule has 2 aromatic heterocycles. The Labute approximate surface area is 170 Å². The fraction of sp³-hybridized carbons (Fsp3) is 0.304. The van der Waals surface area contributed by atoms with Gasteiger partial charge in [-0.3, -0.25) is 9.59 Å². The van der Waals surface area contributed by atoms with Crippen molar-refractivity contribution in [1.82, 2.24) is 19.8 Å². The number of carbonyl (C=O) groups is 2. The molecule has 1 aliphatic rings. The van der Waals surface area contributed by atoms with Crippen molar-refractivity contribution in [1.29, 1.82) is 0 Å². The van der Waals surface area contributed by atoms with Gasteiger partial charge in [-0.1, -0.05) is 37.3 Å². The maximum atomic E-state index is 13.1. The summed E-state index contributed by atoms with van der Waals surface area (Å²) in [6, 6.07) is 17.3. The van der Waals surface area contributed by atoms with Gasteiger partial charge in [0.25, 0.3) is 5.91 Å². The van der Waals surface area contributed by atoms with Gasteiger partial charge in [-0.15, -0.1) is 0 Å². The number of hydrogen-bond acceptors (Lipinski definition) is 4. The van der Waals surface area contributed by atoms with Gasteiger partial charge in [0, 0.05) is 43.7 Å². The zero-order valence-electron chi connectivity index (χ0n) is 16.5. The largest absolute Gasteiger partial charge is 0.335 e. The van der Waals surface area contributed by atoms with Crippen LogP contribution < -0.4 is 0 Å². The third kappa shape index (κ3) is 4.11. The maximum absolute atomic E-state index is 13.1. The average molecular weight is 388 g/mol. The predicted octanol–water partition coefficient (Wildman–Crippen LogP) is 3.28. The zero-order chi connectivity index (χ0) is 20.2. The minimum absolute atomic E-state index is 0.0206. The van der Waals surface area contributed by atoms with Gasteiger partial charge in [-0.2, -0.15) is 0 Å². The normalized spacial score (nSPS) is 17.4. The minimum atomic E-state index is -0.148.